The largest absolute Gasteiger partial charge is 0.393 e. The molecule has 21 heavy (non-hydrogen) atoms. The SMILES string of the molecule is CC1CN(CC2CC(C(C)(C)C)CCC2O)CC1N(C)C. The first-order valence-corrected chi connectivity index (χ1v) is 8.75. The Labute approximate surface area is 131 Å². The van der Waals surface area contributed by atoms with Crippen LogP contribution in [0.25, 0.3) is 0 Å². The lowest BCUT2D eigenvalue weighted by Gasteiger charge is -2.41. The van der Waals surface area contributed by atoms with E-state index in [-0.39, 0.29) is 6.10 Å². The summed E-state index contributed by atoms with van der Waals surface area (Å²) in [6, 6.07) is 0.671. The van der Waals surface area contributed by atoms with Crippen molar-refractivity contribution in [3.8, 4) is 0 Å². The van der Waals surface area contributed by atoms with Crippen LogP contribution in [0.4, 0.5) is 0 Å². The fourth-order valence-corrected chi connectivity index (χ4v) is 4.43. The van der Waals surface area contributed by atoms with Gasteiger partial charge in [0.1, 0.15) is 0 Å². The van der Waals surface area contributed by atoms with E-state index in [1.807, 2.05) is 0 Å². The van der Waals surface area contributed by atoms with Gasteiger partial charge in [-0.05, 0) is 56.5 Å². The highest BCUT2D eigenvalue weighted by Gasteiger charge is 2.38. The van der Waals surface area contributed by atoms with Gasteiger partial charge >= 0.3 is 0 Å². The molecule has 2 rings (SSSR count). The summed E-state index contributed by atoms with van der Waals surface area (Å²) in [4.78, 5) is 4.95. The summed E-state index contributed by atoms with van der Waals surface area (Å²) >= 11 is 0. The molecule has 3 heteroatoms. The lowest BCUT2D eigenvalue weighted by molar-refractivity contribution is 0.00542. The fourth-order valence-electron chi connectivity index (χ4n) is 4.43. The third-order valence-corrected chi connectivity index (χ3v) is 5.97. The third kappa shape index (κ3) is 4.20. The van der Waals surface area contributed by atoms with E-state index in [0.29, 0.717) is 17.4 Å². The minimum Gasteiger partial charge on any atom is -0.393 e. The summed E-state index contributed by atoms with van der Waals surface area (Å²) in [5.74, 6) is 1.96. The van der Waals surface area contributed by atoms with Crippen LogP contribution in [-0.2, 0) is 0 Å². The Hall–Kier alpha value is -0.120. The van der Waals surface area contributed by atoms with E-state index in [0.717, 1.165) is 31.3 Å². The summed E-state index contributed by atoms with van der Waals surface area (Å²) in [5.41, 5.74) is 0.378. The molecule has 2 fully saturated rings. The van der Waals surface area contributed by atoms with E-state index in [1.165, 1.54) is 19.4 Å². The molecule has 1 aliphatic carbocycles. The van der Waals surface area contributed by atoms with E-state index in [9.17, 15) is 5.11 Å². The average Bonchev–Trinajstić information content (AvgIpc) is 2.72. The number of hydrogen-bond donors (Lipinski definition) is 1. The van der Waals surface area contributed by atoms with E-state index >= 15 is 0 Å². The molecule has 5 atom stereocenters. The zero-order valence-electron chi connectivity index (χ0n) is 15.0. The lowest BCUT2D eigenvalue weighted by atomic mass is 9.68. The van der Waals surface area contributed by atoms with Gasteiger partial charge in [-0.15, -0.1) is 0 Å². The third-order valence-electron chi connectivity index (χ3n) is 5.97. The predicted molar refractivity (Wildman–Crippen MR) is 89.4 cm³/mol. The van der Waals surface area contributed by atoms with Gasteiger partial charge in [0.2, 0.25) is 0 Å². The van der Waals surface area contributed by atoms with Crippen molar-refractivity contribution in [3.05, 3.63) is 0 Å². The van der Waals surface area contributed by atoms with Gasteiger partial charge in [-0.25, -0.2) is 0 Å². The first kappa shape index (κ1) is 17.2. The molecule has 0 aromatic carbocycles. The zero-order chi connectivity index (χ0) is 15.8. The number of rotatable bonds is 3. The Kier molecular flexibility index (Phi) is 5.38. The predicted octanol–water partition coefficient (Wildman–Crippen LogP) is 2.69. The van der Waals surface area contributed by atoms with Crippen molar-refractivity contribution >= 4 is 0 Å². The van der Waals surface area contributed by atoms with Gasteiger partial charge in [-0.2, -0.15) is 0 Å². The quantitative estimate of drug-likeness (QED) is 0.867. The van der Waals surface area contributed by atoms with Gasteiger partial charge in [0.25, 0.3) is 0 Å². The minimum atomic E-state index is -0.0858. The topological polar surface area (TPSA) is 26.7 Å². The monoisotopic (exact) mass is 296 g/mol. The normalized spacial score (nSPS) is 39.1. The second-order valence-electron chi connectivity index (χ2n) is 8.93. The molecule has 0 aromatic heterocycles. The summed E-state index contributed by atoms with van der Waals surface area (Å²) in [7, 11) is 4.38. The standard InChI is InChI=1S/C18H36N2O/c1-13-10-20(12-16(13)19(5)6)11-14-9-15(18(2,3)4)7-8-17(14)21/h13-17,21H,7-12H2,1-6H3. The van der Waals surface area contributed by atoms with Crippen LogP contribution in [0.1, 0.15) is 47.0 Å². The second-order valence-corrected chi connectivity index (χ2v) is 8.93. The van der Waals surface area contributed by atoms with Crippen molar-refractivity contribution in [2.24, 2.45) is 23.2 Å². The van der Waals surface area contributed by atoms with E-state index in [2.05, 4.69) is 51.6 Å². The molecule has 0 amide bonds. The van der Waals surface area contributed by atoms with Crippen LogP contribution in [0.2, 0.25) is 0 Å². The summed E-state index contributed by atoms with van der Waals surface area (Å²) in [5, 5.41) is 10.4. The molecule has 1 aliphatic heterocycles. The Morgan fingerprint density at radius 1 is 1.14 bits per heavy atom. The highest BCUT2D eigenvalue weighted by atomic mass is 16.3. The second kappa shape index (κ2) is 6.55. The van der Waals surface area contributed by atoms with Crippen LogP contribution in [0.5, 0.6) is 0 Å². The maximum atomic E-state index is 10.4. The van der Waals surface area contributed by atoms with Gasteiger partial charge in [0.15, 0.2) is 0 Å². The Morgan fingerprint density at radius 2 is 1.81 bits per heavy atom. The van der Waals surface area contributed by atoms with Crippen molar-refractivity contribution in [1.82, 2.24) is 9.80 Å². The highest BCUT2D eigenvalue weighted by molar-refractivity contribution is 4.91. The highest BCUT2D eigenvalue weighted by Crippen LogP contribution is 2.41. The molecule has 0 spiro atoms. The lowest BCUT2D eigenvalue weighted by Crippen LogP contribution is -2.41. The number of likely N-dealkylation sites (N-methyl/N-ethyl adjacent to an activating group) is 1. The van der Waals surface area contributed by atoms with Gasteiger partial charge < -0.3 is 14.9 Å². The van der Waals surface area contributed by atoms with E-state index in [4.69, 9.17) is 0 Å². The van der Waals surface area contributed by atoms with Crippen molar-refractivity contribution in [2.75, 3.05) is 33.7 Å². The molecule has 0 radical (unpaired) electrons. The molecule has 0 aromatic rings. The molecule has 124 valence electrons. The van der Waals surface area contributed by atoms with Crippen molar-refractivity contribution in [2.45, 2.75) is 59.1 Å². The Balaban J connectivity index is 1.92. The summed E-state index contributed by atoms with van der Waals surface area (Å²) < 4.78 is 0. The Bertz CT molecular complexity index is 337. The maximum absolute atomic E-state index is 10.4. The van der Waals surface area contributed by atoms with E-state index < -0.39 is 0 Å². The molecule has 0 bridgehead atoms. The number of likely N-dealkylation sites (tertiary alicyclic amines) is 1. The van der Waals surface area contributed by atoms with Gasteiger partial charge in [-0.1, -0.05) is 27.7 Å². The Morgan fingerprint density at radius 3 is 2.33 bits per heavy atom. The van der Waals surface area contributed by atoms with Crippen LogP contribution >= 0.6 is 0 Å². The van der Waals surface area contributed by atoms with Crippen LogP contribution in [0.15, 0.2) is 0 Å². The fraction of sp³-hybridized carbons (Fsp3) is 1.00. The maximum Gasteiger partial charge on any atom is 0.0580 e. The van der Waals surface area contributed by atoms with Gasteiger partial charge in [0, 0.05) is 25.7 Å². The summed E-state index contributed by atoms with van der Waals surface area (Å²) in [6.07, 6.45) is 3.30. The van der Waals surface area contributed by atoms with E-state index in [1.54, 1.807) is 0 Å². The number of aliphatic hydroxyl groups excluding tert-OH is 1. The average molecular weight is 296 g/mol. The van der Waals surface area contributed by atoms with Gasteiger partial charge in [0.05, 0.1) is 6.10 Å². The molecular weight excluding hydrogens is 260 g/mol. The smallest absolute Gasteiger partial charge is 0.0580 e. The molecule has 1 saturated carbocycles. The molecule has 1 N–H and O–H groups in total. The van der Waals surface area contributed by atoms with Crippen LogP contribution in [0.3, 0.4) is 0 Å². The summed E-state index contributed by atoms with van der Waals surface area (Å²) in [6.45, 7) is 12.9. The zero-order valence-corrected chi connectivity index (χ0v) is 15.0. The number of hydrogen-bond acceptors (Lipinski definition) is 3. The minimum absolute atomic E-state index is 0.0858. The van der Waals surface area contributed by atoms with Crippen molar-refractivity contribution < 1.29 is 5.11 Å². The number of aliphatic hydroxyl groups is 1. The first-order chi connectivity index (χ1) is 9.68. The molecule has 5 unspecified atom stereocenters. The molecular formula is C18H36N2O. The van der Waals surface area contributed by atoms with Crippen LogP contribution < -0.4 is 0 Å². The van der Waals surface area contributed by atoms with Crippen LogP contribution in [-0.4, -0.2) is 60.8 Å². The number of nitrogens with zero attached hydrogens (tertiary/aromatic N) is 2. The van der Waals surface area contributed by atoms with Crippen molar-refractivity contribution in [1.29, 1.82) is 0 Å². The molecule has 1 saturated heterocycles. The molecule has 2 aliphatic rings. The van der Waals surface area contributed by atoms with Crippen LogP contribution in [0, 0.1) is 23.2 Å². The molecule has 3 nitrogen and oxygen atoms in total. The van der Waals surface area contributed by atoms with Gasteiger partial charge in [-0.3, -0.25) is 0 Å². The molecule has 1 heterocycles. The van der Waals surface area contributed by atoms with Crippen molar-refractivity contribution in [3.63, 3.8) is 0 Å². The first-order valence-electron chi connectivity index (χ1n) is 8.75.